The van der Waals surface area contributed by atoms with Crippen molar-refractivity contribution in [1.82, 2.24) is 0 Å². The largest absolute Gasteiger partial charge is 0.409 e. The van der Waals surface area contributed by atoms with E-state index in [1.54, 1.807) is 0 Å². The summed E-state index contributed by atoms with van der Waals surface area (Å²) < 4.78 is 64.4. The van der Waals surface area contributed by atoms with E-state index in [-0.39, 0.29) is 6.08 Å². The quantitative estimate of drug-likeness (QED) is 0.365. The Hall–Kier alpha value is -2.43. The van der Waals surface area contributed by atoms with E-state index in [1.807, 2.05) is 37.3 Å². The number of aryl methyl sites for hydroxylation is 3. The van der Waals surface area contributed by atoms with Crippen molar-refractivity contribution in [1.29, 1.82) is 0 Å². The Morgan fingerprint density at radius 3 is 1.85 bits per heavy atom. The summed E-state index contributed by atoms with van der Waals surface area (Å²) >= 11 is 0. The number of hydrogen-bond donors (Lipinski definition) is 0. The van der Waals surface area contributed by atoms with E-state index in [9.17, 15) is 22.0 Å². The van der Waals surface area contributed by atoms with Gasteiger partial charge in [-0.1, -0.05) is 36.4 Å². The Morgan fingerprint density at radius 2 is 1.33 bits per heavy atom. The first kappa shape index (κ1) is 20.9. The van der Waals surface area contributed by atoms with Gasteiger partial charge in [-0.3, -0.25) is 0 Å². The van der Waals surface area contributed by atoms with Gasteiger partial charge in [-0.05, 0) is 67.5 Å². The third-order valence-corrected chi connectivity index (χ3v) is 4.14. The van der Waals surface area contributed by atoms with Gasteiger partial charge in [-0.25, -0.2) is 8.78 Å². The van der Waals surface area contributed by atoms with Gasteiger partial charge in [0.1, 0.15) is 11.6 Å². The summed E-state index contributed by atoms with van der Waals surface area (Å²) in [7, 11) is 0. The fraction of sp³-hybridized carbons (Fsp3) is 0.273. The monoisotopic (exact) mass is 380 g/mol. The maximum Gasteiger partial charge on any atom is 0.409 e. The molecule has 0 radical (unpaired) electrons. The van der Waals surface area contributed by atoms with Gasteiger partial charge in [0.25, 0.3) is 0 Å². The molecule has 0 aromatic heterocycles. The molecule has 0 fully saturated rings. The molecule has 2 aromatic rings. The first-order chi connectivity index (χ1) is 12.8. The molecule has 0 aliphatic heterocycles. The van der Waals surface area contributed by atoms with Gasteiger partial charge in [-0.15, -0.1) is 0 Å². The molecular formula is C22H21F5. The Bertz CT molecular complexity index is 775. The summed E-state index contributed by atoms with van der Waals surface area (Å²) in [5.41, 5.74) is 1.98. The van der Waals surface area contributed by atoms with E-state index >= 15 is 0 Å². The Morgan fingerprint density at radius 1 is 0.815 bits per heavy atom. The minimum absolute atomic E-state index is 0.175. The van der Waals surface area contributed by atoms with Gasteiger partial charge in [0.05, 0.1) is 0 Å². The van der Waals surface area contributed by atoms with Crippen LogP contribution >= 0.6 is 0 Å². The predicted octanol–water partition coefficient (Wildman–Crippen LogP) is 6.83. The molecule has 0 saturated heterocycles. The third kappa shape index (κ3) is 7.00. The molecule has 0 nitrogen and oxygen atoms in total. The van der Waals surface area contributed by atoms with Crippen LogP contribution in [0.2, 0.25) is 0 Å². The molecule has 0 heterocycles. The van der Waals surface area contributed by atoms with E-state index in [4.69, 9.17) is 0 Å². The Balaban J connectivity index is 2.01. The number of hydrogen-bond acceptors (Lipinski definition) is 0. The van der Waals surface area contributed by atoms with Crippen molar-refractivity contribution in [2.45, 2.75) is 38.8 Å². The first-order valence-corrected chi connectivity index (χ1v) is 8.71. The Labute approximate surface area is 156 Å². The zero-order valence-corrected chi connectivity index (χ0v) is 15.0. The van der Waals surface area contributed by atoms with Crippen molar-refractivity contribution in [3.05, 3.63) is 88.5 Å². The second kappa shape index (κ2) is 9.49. The second-order valence-corrected chi connectivity index (χ2v) is 6.27. The van der Waals surface area contributed by atoms with Crippen molar-refractivity contribution in [2.24, 2.45) is 0 Å². The number of halogens is 5. The van der Waals surface area contributed by atoms with E-state index in [1.165, 1.54) is 5.56 Å². The van der Waals surface area contributed by atoms with Crippen molar-refractivity contribution in [3.63, 3.8) is 0 Å². The molecule has 0 N–H and O–H groups in total. The lowest BCUT2D eigenvalue weighted by molar-refractivity contribution is -0.0790. The predicted molar refractivity (Wildman–Crippen MR) is 98.4 cm³/mol. The zero-order chi connectivity index (χ0) is 19.9. The lowest BCUT2D eigenvalue weighted by Crippen LogP contribution is -2.02. The third-order valence-electron chi connectivity index (χ3n) is 4.14. The highest BCUT2D eigenvalue weighted by molar-refractivity contribution is 5.52. The molecule has 0 aliphatic carbocycles. The van der Waals surface area contributed by atoms with Crippen LogP contribution < -0.4 is 0 Å². The summed E-state index contributed by atoms with van der Waals surface area (Å²) in [5.74, 6) is -1.99. The summed E-state index contributed by atoms with van der Waals surface area (Å²) in [6.07, 6.45) is 2.66. The van der Waals surface area contributed by atoms with Gasteiger partial charge >= 0.3 is 6.18 Å². The molecule has 2 aromatic carbocycles. The molecule has 0 amide bonds. The first-order valence-electron chi connectivity index (χ1n) is 8.71. The molecule has 144 valence electrons. The smallest absolute Gasteiger partial charge is 0.206 e. The molecule has 27 heavy (non-hydrogen) atoms. The van der Waals surface area contributed by atoms with Crippen molar-refractivity contribution < 1.29 is 22.0 Å². The van der Waals surface area contributed by atoms with Crippen LogP contribution in [0.3, 0.4) is 0 Å². The fourth-order valence-electron chi connectivity index (χ4n) is 2.70. The van der Waals surface area contributed by atoms with Crippen LogP contribution in [0.25, 0.3) is 6.08 Å². The van der Waals surface area contributed by atoms with Crippen molar-refractivity contribution in [3.8, 4) is 0 Å². The van der Waals surface area contributed by atoms with Gasteiger partial charge in [0.2, 0.25) is 0 Å². The minimum Gasteiger partial charge on any atom is -0.206 e. The number of rotatable bonds is 7. The van der Waals surface area contributed by atoms with Crippen LogP contribution in [0, 0.1) is 11.6 Å². The topological polar surface area (TPSA) is 0 Å². The highest BCUT2D eigenvalue weighted by Crippen LogP contribution is 2.22. The van der Waals surface area contributed by atoms with E-state index in [0.717, 1.165) is 30.5 Å². The van der Waals surface area contributed by atoms with Crippen LogP contribution in [-0.4, -0.2) is 6.18 Å². The normalized spacial score (nSPS) is 12.4. The Kier molecular flexibility index (Phi) is 7.34. The van der Waals surface area contributed by atoms with Gasteiger partial charge in [-0.2, -0.15) is 13.2 Å². The molecule has 0 aliphatic rings. The van der Waals surface area contributed by atoms with Crippen molar-refractivity contribution >= 4 is 6.08 Å². The molecular weight excluding hydrogens is 359 g/mol. The highest BCUT2D eigenvalue weighted by atomic mass is 19.4. The number of benzene rings is 2. The minimum atomic E-state index is -4.61. The van der Waals surface area contributed by atoms with Crippen LogP contribution in [0.1, 0.15) is 35.6 Å². The molecule has 0 saturated carbocycles. The summed E-state index contributed by atoms with van der Waals surface area (Å²) in [6.45, 7) is 1.98. The van der Waals surface area contributed by atoms with E-state index < -0.39 is 23.4 Å². The van der Waals surface area contributed by atoms with Crippen molar-refractivity contribution in [2.75, 3.05) is 0 Å². The SMILES string of the molecule is CC=CCCc1ccc(CCc2cc(F)c(C=CC(F)(F)F)c(F)c2)cc1. The number of alkyl halides is 3. The van der Waals surface area contributed by atoms with Crippen LogP contribution in [0.5, 0.6) is 0 Å². The lowest BCUT2D eigenvalue weighted by Gasteiger charge is -2.07. The van der Waals surface area contributed by atoms with E-state index in [2.05, 4.69) is 6.08 Å². The van der Waals surface area contributed by atoms with Crippen LogP contribution in [0.15, 0.2) is 54.6 Å². The lowest BCUT2D eigenvalue weighted by atomic mass is 10.0. The second-order valence-electron chi connectivity index (χ2n) is 6.27. The maximum atomic E-state index is 13.9. The van der Waals surface area contributed by atoms with Crippen LogP contribution in [0.4, 0.5) is 22.0 Å². The standard InChI is InChI=1S/C22H21F5/c1-2-3-4-5-16-6-8-17(9-7-16)10-11-18-14-20(23)19(21(24)15-18)12-13-22(25,26)27/h2-3,6-9,12-15H,4-5,10-11H2,1H3. The zero-order valence-electron chi connectivity index (χ0n) is 15.0. The molecule has 0 spiro atoms. The summed E-state index contributed by atoms with van der Waals surface area (Å²) in [5, 5.41) is 0. The average Bonchev–Trinajstić information content (AvgIpc) is 2.59. The maximum absolute atomic E-state index is 13.9. The molecule has 2 rings (SSSR count). The summed E-state index contributed by atoms with van der Waals surface area (Å²) in [4.78, 5) is 0. The fourth-order valence-corrected chi connectivity index (χ4v) is 2.70. The summed E-state index contributed by atoms with van der Waals surface area (Å²) in [6, 6.07) is 10.2. The van der Waals surface area contributed by atoms with Crippen LogP contribution in [-0.2, 0) is 19.3 Å². The van der Waals surface area contributed by atoms with E-state index in [0.29, 0.717) is 24.5 Å². The average molecular weight is 380 g/mol. The highest BCUT2D eigenvalue weighted by Gasteiger charge is 2.22. The molecule has 5 heteroatoms. The molecule has 0 atom stereocenters. The van der Waals surface area contributed by atoms with Gasteiger partial charge in [0.15, 0.2) is 0 Å². The van der Waals surface area contributed by atoms with Gasteiger partial charge < -0.3 is 0 Å². The van der Waals surface area contributed by atoms with Gasteiger partial charge in [0, 0.05) is 11.6 Å². The molecule has 0 unspecified atom stereocenters. The molecule has 0 bridgehead atoms. The number of allylic oxidation sites excluding steroid dienone is 3.